The number of hydrogen-bond acceptors (Lipinski definition) is 2. The molecular weight excluding hydrogens is 190 g/mol. The van der Waals surface area contributed by atoms with Crippen molar-refractivity contribution in [3.8, 4) is 0 Å². The number of nitrogens with one attached hydrogen (secondary N) is 2. The van der Waals surface area contributed by atoms with Gasteiger partial charge in [0.15, 0.2) is 0 Å². The van der Waals surface area contributed by atoms with Crippen molar-refractivity contribution >= 4 is 11.7 Å². The molecule has 82 valence electrons. The van der Waals surface area contributed by atoms with E-state index in [9.17, 15) is 4.79 Å². The summed E-state index contributed by atoms with van der Waals surface area (Å²) in [6.45, 7) is 4.00. The van der Waals surface area contributed by atoms with Crippen LogP contribution >= 0.6 is 0 Å². The van der Waals surface area contributed by atoms with Gasteiger partial charge in [-0.3, -0.25) is 5.43 Å². The number of nitrogens with zero attached hydrogens (tertiary/aromatic N) is 1. The van der Waals surface area contributed by atoms with Crippen molar-refractivity contribution in [2.24, 2.45) is 0 Å². The average molecular weight is 207 g/mol. The largest absolute Gasteiger partial charge is 0.333 e. The van der Waals surface area contributed by atoms with Gasteiger partial charge in [0.25, 0.3) is 0 Å². The van der Waals surface area contributed by atoms with Crippen molar-refractivity contribution in [3.63, 3.8) is 0 Å². The van der Waals surface area contributed by atoms with E-state index in [2.05, 4.69) is 16.8 Å². The number of anilines is 1. The fraction of sp³-hybridized carbons (Fsp3) is 0.364. The zero-order valence-corrected chi connectivity index (χ0v) is 9.59. The first kappa shape index (κ1) is 11.5. The standard InChI is InChI=1S/C11H17N3O/c1-8-5-9(2)7-10(6-8)12-11(15)13-14(3)4/h5-7H,1-4H3,(H2,12,13,15). The number of aryl methyl sites for hydroxylation is 2. The number of benzene rings is 1. The summed E-state index contributed by atoms with van der Waals surface area (Å²) in [6, 6.07) is 5.70. The molecule has 0 aromatic heterocycles. The zero-order valence-electron chi connectivity index (χ0n) is 9.59. The molecule has 2 N–H and O–H groups in total. The quantitative estimate of drug-likeness (QED) is 0.727. The third kappa shape index (κ3) is 3.99. The number of hydrazine groups is 1. The highest BCUT2D eigenvalue weighted by molar-refractivity contribution is 5.89. The Bertz CT molecular complexity index is 341. The van der Waals surface area contributed by atoms with Crippen LogP contribution in [-0.4, -0.2) is 25.1 Å². The molecule has 1 rings (SSSR count). The molecule has 0 aliphatic rings. The van der Waals surface area contributed by atoms with E-state index in [4.69, 9.17) is 0 Å². The maximum Gasteiger partial charge on any atom is 0.333 e. The van der Waals surface area contributed by atoms with Crippen LogP contribution in [0.15, 0.2) is 18.2 Å². The summed E-state index contributed by atoms with van der Waals surface area (Å²) >= 11 is 0. The van der Waals surface area contributed by atoms with Crippen molar-refractivity contribution in [2.45, 2.75) is 13.8 Å². The minimum absolute atomic E-state index is 0.231. The molecule has 1 aromatic rings. The van der Waals surface area contributed by atoms with Crippen LogP contribution < -0.4 is 10.7 Å². The van der Waals surface area contributed by atoms with Gasteiger partial charge in [-0.25, -0.2) is 9.80 Å². The predicted molar refractivity (Wildman–Crippen MR) is 61.8 cm³/mol. The molecule has 15 heavy (non-hydrogen) atoms. The summed E-state index contributed by atoms with van der Waals surface area (Å²) < 4.78 is 0. The van der Waals surface area contributed by atoms with E-state index in [-0.39, 0.29) is 6.03 Å². The average Bonchev–Trinajstić information content (AvgIpc) is 1.98. The zero-order chi connectivity index (χ0) is 11.4. The van der Waals surface area contributed by atoms with Gasteiger partial charge >= 0.3 is 6.03 Å². The molecule has 2 amide bonds. The maximum absolute atomic E-state index is 11.4. The first-order valence-corrected chi connectivity index (χ1v) is 4.80. The third-order valence-electron chi connectivity index (χ3n) is 1.80. The predicted octanol–water partition coefficient (Wildman–Crippen LogP) is 1.90. The van der Waals surface area contributed by atoms with Gasteiger partial charge < -0.3 is 5.32 Å². The van der Waals surface area contributed by atoms with E-state index in [1.807, 2.05) is 26.0 Å². The Morgan fingerprint density at radius 1 is 1.13 bits per heavy atom. The van der Waals surface area contributed by atoms with Crippen molar-refractivity contribution < 1.29 is 4.79 Å². The second-order valence-corrected chi connectivity index (χ2v) is 3.84. The number of rotatable bonds is 2. The SMILES string of the molecule is Cc1cc(C)cc(NC(=O)NN(C)C)c1. The van der Waals surface area contributed by atoms with Crippen LogP contribution in [0.1, 0.15) is 11.1 Å². The van der Waals surface area contributed by atoms with E-state index in [0.29, 0.717) is 0 Å². The smallest absolute Gasteiger partial charge is 0.307 e. The lowest BCUT2D eigenvalue weighted by molar-refractivity contribution is 0.224. The monoisotopic (exact) mass is 207 g/mol. The first-order chi connectivity index (χ1) is 6.97. The summed E-state index contributed by atoms with van der Waals surface area (Å²) in [6.07, 6.45) is 0. The minimum Gasteiger partial charge on any atom is -0.307 e. The second kappa shape index (κ2) is 4.79. The summed E-state index contributed by atoms with van der Waals surface area (Å²) in [7, 11) is 3.53. The lowest BCUT2D eigenvalue weighted by atomic mass is 10.1. The van der Waals surface area contributed by atoms with Crippen molar-refractivity contribution in [1.29, 1.82) is 0 Å². The minimum atomic E-state index is -0.231. The summed E-state index contributed by atoms with van der Waals surface area (Å²) in [5.74, 6) is 0. The highest BCUT2D eigenvalue weighted by Gasteiger charge is 2.02. The normalized spacial score (nSPS) is 10.2. The number of carbonyl (C=O) groups is 1. The van der Waals surface area contributed by atoms with Crippen LogP contribution in [0.4, 0.5) is 10.5 Å². The van der Waals surface area contributed by atoms with E-state index < -0.39 is 0 Å². The summed E-state index contributed by atoms with van der Waals surface area (Å²) in [4.78, 5) is 11.4. The third-order valence-corrected chi connectivity index (χ3v) is 1.80. The molecule has 0 saturated carbocycles. The fourth-order valence-corrected chi connectivity index (χ4v) is 1.41. The van der Waals surface area contributed by atoms with Gasteiger partial charge in [-0.05, 0) is 37.1 Å². The van der Waals surface area contributed by atoms with E-state index in [0.717, 1.165) is 16.8 Å². The van der Waals surface area contributed by atoms with Gasteiger partial charge in [-0.15, -0.1) is 0 Å². The molecule has 0 fully saturated rings. The topological polar surface area (TPSA) is 44.4 Å². The molecule has 1 aromatic carbocycles. The van der Waals surface area contributed by atoms with E-state index in [1.165, 1.54) is 0 Å². The Labute approximate surface area is 90.2 Å². The van der Waals surface area contributed by atoms with Gasteiger partial charge in [0.05, 0.1) is 0 Å². The highest BCUT2D eigenvalue weighted by Crippen LogP contribution is 2.13. The maximum atomic E-state index is 11.4. The van der Waals surface area contributed by atoms with Gasteiger partial charge in [0, 0.05) is 19.8 Å². The molecule has 0 aliphatic carbocycles. The lowest BCUT2D eigenvalue weighted by Crippen LogP contribution is -2.39. The van der Waals surface area contributed by atoms with Crippen LogP contribution in [-0.2, 0) is 0 Å². The number of carbonyl (C=O) groups excluding carboxylic acids is 1. The molecule has 0 unspecified atom stereocenters. The van der Waals surface area contributed by atoms with Crippen molar-refractivity contribution in [2.75, 3.05) is 19.4 Å². The Kier molecular flexibility index (Phi) is 3.68. The van der Waals surface area contributed by atoms with Gasteiger partial charge in [-0.2, -0.15) is 0 Å². The van der Waals surface area contributed by atoms with Crippen LogP contribution in [0, 0.1) is 13.8 Å². The summed E-state index contributed by atoms with van der Waals surface area (Å²) in [5.41, 5.74) is 5.69. The molecule has 4 heteroatoms. The van der Waals surface area contributed by atoms with Crippen molar-refractivity contribution in [1.82, 2.24) is 10.4 Å². The Hall–Kier alpha value is -1.55. The first-order valence-electron chi connectivity index (χ1n) is 4.80. The van der Waals surface area contributed by atoms with Crippen LogP contribution in [0.5, 0.6) is 0 Å². The van der Waals surface area contributed by atoms with Gasteiger partial charge in [0.1, 0.15) is 0 Å². The lowest BCUT2D eigenvalue weighted by Gasteiger charge is -2.13. The Morgan fingerprint density at radius 3 is 2.13 bits per heavy atom. The fourth-order valence-electron chi connectivity index (χ4n) is 1.41. The van der Waals surface area contributed by atoms with E-state index in [1.54, 1.807) is 19.1 Å². The molecule has 4 nitrogen and oxygen atoms in total. The molecule has 0 aliphatic heterocycles. The molecule has 0 heterocycles. The molecule has 0 spiro atoms. The molecule has 0 saturated heterocycles. The Morgan fingerprint density at radius 2 is 1.67 bits per heavy atom. The molecule has 0 atom stereocenters. The molecule has 0 bridgehead atoms. The van der Waals surface area contributed by atoms with Gasteiger partial charge in [0.2, 0.25) is 0 Å². The van der Waals surface area contributed by atoms with E-state index >= 15 is 0 Å². The second-order valence-electron chi connectivity index (χ2n) is 3.84. The van der Waals surface area contributed by atoms with Gasteiger partial charge in [-0.1, -0.05) is 6.07 Å². The molecular formula is C11H17N3O. The number of hydrogen-bond donors (Lipinski definition) is 2. The van der Waals surface area contributed by atoms with Crippen molar-refractivity contribution in [3.05, 3.63) is 29.3 Å². The number of urea groups is 1. The van der Waals surface area contributed by atoms with Crippen LogP contribution in [0.2, 0.25) is 0 Å². The molecule has 0 radical (unpaired) electrons. The Balaban J connectivity index is 2.68. The number of amides is 2. The highest BCUT2D eigenvalue weighted by atomic mass is 16.2. The van der Waals surface area contributed by atoms with Crippen LogP contribution in [0.3, 0.4) is 0 Å². The summed E-state index contributed by atoms with van der Waals surface area (Å²) in [5, 5.41) is 4.36. The van der Waals surface area contributed by atoms with Crippen LogP contribution in [0.25, 0.3) is 0 Å².